The fraction of sp³-hybridized carbons (Fsp3) is 0.359. The van der Waals surface area contributed by atoms with E-state index in [9.17, 15) is 54.0 Å². The monoisotopic (exact) mass is 834 g/mol. The van der Waals surface area contributed by atoms with Crippen molar-refractivity contribution in [2.45, 2.75) is 0 Å². The molecule has 4 aromatic rings. The highest BCUT2D eigenvalue weighted by molar-refractivity contribution is 5.97. The van der Waals surface area contributed by atoms with Gasteiger partial charge in [-0.15, -0.1) is 0 Å². The fourth-order valence-corrected chi connectivity index (χ4v) is 5.94. The summed E-state index contributed by atoms with van der Waals surface area (Å²) in [5.74, 6) is -4.62. The molecule has 0 aromatic carbocycles. The quantitative estimate of drug-likeness (QED) is 0.0468. The highest BCUT2D eigenvalue weighted by Crippen LogP contribution is 2.17. The van der Waals surface area contributed by atoms with Gasteiger partial charge in [-0.25, -0.2) is 0 Å². The van der Waals surface area contributed by atoms with E-state index in [1.54, 1.807) is 6.07 Å². The van der Waals surface area contributed by atoms with Gasteiger partial charge in [0.25, 0.3) is 40.0 Å². The predicted molar refractivity (Wildman–Crippen MR) is 220 cm³/mol. The summed E-state index contributed by atoms with van der Waals surface area (Å²) in [6, 6.07) is 5.47. The summed E-state index contributed by atoms with van der Waals surface area (Å²) in [6.07, 6.45) is 5.54. The van der Waals surface area contributed by atoms with Crippen molar-refractivity contribution < 1.29 is 34.8 Å². The van der Waals surface area contributed by atoms with Crippen LogP contribution < -0.4 is 43.5 Å². The van der Waals surface area contributed by atoms with Gasteiger partial charge in [0.1, 0.15) is 0 Å². The number of pyridine rings is 4. The second-order valence-corrected chi connectivity index (χ2v) is 13.8. The summed E-state index contributed by atoms with van der Waals surface area (Å²) in [4.78, 5) is 91.4. The van der Waals surface area contributed by atoms with Crippen molar-refractivity contribution in [1.82, 2.24) is 49.3 Å². The third kappa shape index (κ3) is 11.3. The van der Waals surface area contributed by atoms with Crippen LogP contribution in [0.3, 0.4) is 0 Å². The number of aryl methyl sites for hydroxylation is 4. The van der Waals surface area contributed by atoms with Gasteiger partial charge in [-0.2, -0.15) is 0 Å². The second kappa shape index (κ2) is 20.5. The largest absolute Gasteiger partial charge is 0.503 e. The molecule has 322 valence electrons. The number of hydrogen-bond donors (Lipinski definition) is 8. The number of aromatic hydroxyl groups is 4. The summed E-state index contributed by atoms with van der Waals surface area (Å²) in [5, 5.41) is 52.3. The predicted octanol–water partition coefficient (Wildman–Crippen LogP) is -2.24. The van der Waals surface area contributed by atoms with Crippen molar-refractivity contribution in [3.63, 3.8) is 0 Å². The lowest BCUT2D eigenvalue weighted by Gasteiger charge is -2.28. The Kier molecular flexibility index (Phi) is 15.6. The van der Waals surface area contributed by atoms with Crippen molar-refractivity contribution >= 4 is 23.4 Å². The third-order valence-electron chi connectivity index (χ3n) is 9.67. The Balaban J connectivity index is 1.48. The van der Waals surface area contributed by atoms with Gasteiger partial charge in [0.15, 0.2) is 23.0 Å². The molecule has 0 saturated heterocycles. The molecule has 0 aliphatic heterocycles. The Morgan fingerprint density at radius 3 is 1.02 bits per heavy atom. The molecule has 0 aliphatic carbocycles. The standard InChI is InChI=1S/C39H50N10O11/c1-24(25-6-14-44(2)36(57)29(25)50)40-10-18-48(19-11-41-33(54)26-7-15-45(3)37(58)30(26)51)22-23-49(20-12-42-34(55)27-8-16-46(4)38(59)31(27)52)21-13-43-35(56)28-9-17-47(5)39(60)32(28)53/h6-9,14-17,40,50-53H,1,10-13,18-23H2,2-5H3,(H,41,54)(H,42,55)(H,43,56). The lowest BCUT2D eigenvalue weighted by Crippen LogP contribution is -2.45. The Hall–Kier alpha value is -7.13. The second-order valence-electron chi connectivity index (χ2n) is 13.8. The van der Waals surface area contributed by atoms with E-state index in [4.69, 9.17) is 0 Å². The first kappa shape index (κ1) is 45.6. The van der Waals surface area contributed by atoms with E-state index in [1.165, 1.54) is 75.7 Å². The molecule has 21 nitrogen and oxygen atoms in total. The normalized spacial score (nSPS) is 11.1. The van der Waals surface area contributed by atoms with Crippen molar-refractivity contribution in [1.29, 1.82) is 0 Å². The first-order valence-corrected chi connectivity index (χ1v) is 18.7. The molecule has 0 bridgehead atoms. The molecule has 60 heavy (non-hydrogen) atoms. The highest BCUT2D eigenvalue weighted by atomic mass is 16.3. The molecule has 0 aliphatic rings. The van der Waals surface area contributed by atoms with Gasteiger partial charge < -0.3 is 60.0 Å². The Morgan fingerprint density at radius 1 is 0.467 bits per heavy atom. The van der Waals surface area contributed by atoms with Gasteiger partial charge in [-0.1, -0.05) is 6.58 Å². The van der Waals surface area contributed by atoms with Crippen LogP contribution in [0.15, 0.2) is 74.8 Å². The summed E-state index contributed by atoms with van der Waals surface area (Å²) in [7, 11) is 5.79. The van der Waals surface area contributed by atoms with E-state index in [0.717, 1.165) is 13.7 Å². The Morgan fingerprint density at radius 2 is 0.717 bits per heavy atom. The average molecular weight is 835 g/mol. The maximum absolute atomic E-state index is 12.9. The van der Waals surface area contributed by atoms with Crippen molar-refractivity contribution in [2.75, 3.05) is 65.4 Å². The van der Waals surface area contributed by atoms with Crippen LogP contribution in [0.2, 0.25) is 0 Å². The van der Waals surface area contributed by atoms with Gasteiger partial charge in [-0.05, 0) is 24.3 Å². The summed E-state index contributed by atoms with van der Waals surface area (Å²) in [6.45, 7) is 6.08. The van der Waals surface area contributed by atoms with Crippen molar-refractivity contribution in [3.8, 4) is 23.0 Å². The number of amides is 3. The molecule has 0 saturated carbocycles. The molecule has 0 fully saturated rings. The Bertz CT molecular complexity index is 2150. The number of nitrogens with zero attached hydrogens (tertiary/aromatic N) is 6. The van der Waals surface area contributed by atoms with Crippen LogP contribution in [0, 0.1) is 0 Å². The number of rotatable bonds is 20. The topological polar surface area (TPSA) is 275 Å². The Labute approximate surface area is 343 Å². The van der Waals surface area contributed by atoms with Crippen LogP contribution in [-0.4, -0.2) is 132 Å². The molecular formula is C39H50N10O11. The molecule has 0 unspecified atom stereocenters. The SMILES string of the molecule is C=C(NCCN(CCNC(=O)c1ccn(C)c(=O)c1O)CCN(CCNC(=O)c1ccn(C)c(=O)c1O)CCNC(=O)c1ccn(C)c(=O)c1O)c1ccn(C)c(=O)c1O. The van der Waals surface area contributed by atoms with Gasteiger partial charge in [0.2, 0.25) is 0 Å². The average Bonchev–Trinajstić information content (AvgIpc) is 3.21. The van der Waals surface area contributed by atoms with Crippen LogP contribution in [0.5, 0.6) is 23.0 Å². The first-order chi connectivity index (χ1) is 28.4. The summed E-state index contributed by atoms with van der Waals surface area (Å²) >= 11 is 0. The van der Waals surface area contributed by atoms with Crippen LogP contribution >= 0.6 is 0 Å². The van der Waals surface area contributed by atoms with Gasteiger partial charge in [0, 0.05) is 130 Å². The molecular weight excluding hydrogens is 784 g/mol. The lowest BCUT2D eigenvalue weighted by atomic mass is 10.2. The van der Waals surface area contributed by atoms with E-state index in [2.05, 4.69) is 27.8 Å². The number of carbonyl (C=O) groups excluding carboxylic acids is 3. The molecule has 8 N–H and O–H groups in total. The molecule has 0 spiro atoms. The van der Waals surface area contributed by atoms with E-state index < -0.39 is 63.0 Å². The van der Waals surface area contributed by atoms with E-state index in [0.29, 0.717) is 19.6 Å². The summed E-state index contributed by atoms with van der Waals surface area (Å²) in [5.41, 5.74) is -2.93. The zero-order chi connectivity index (χ0) is 44.3. The fourth-order valence-electron chi connectivity index (χ4n) is 5.94. The highest BCUT2D eigenvalue weighted by Gasteiger charge is 2.19. The minimum Gasteiger partial charge on any atom is -0.503 e. The third-order valence-corrected chi connectivity index (χ3v) is 9.67. The molecule has 0 radical (unpaired) electrons. The molecule has 3 amide bonds. The van der Waals surface area contributed by atoms with E-state index >= 15 is 0 Å². The van der Waals surface area contributed by atoms with Gasteiger partial charge in [0.05, 0.1) is 16.7 Å². The molecule has 4 rings (SSSR count). The summed E-state index contributed by atoms with van der Waals surface area (Å²) < 4.78 is 4.60. The number of aromatic nitrogens is 4. The zero-order valence-corrected chi connectivity index (χ0v) is 33.7. The van der Waals surface area contributed by atoms with Crippen LogP contribution in [0.25, 0.3) is 5.70 Å². The van der Waals surface area contributed by atoms with E-state index in [1.807, 2.05) is 9.80 Å². The van der Waals surface area contributed by atoms with Crippen LogP contribution in [0.1, 0.15) is 36.6 Å². The minimum atomic E-state index is -0.744. The molecule has 4 heterocycles. The number of carbonyl (C=O) groups is 3. The molecule has 4 aromatic heterocycles. The van der Waals surface area contributed by atoms with Crippen molar-refractivity contribution in [2.24, 2.45) is 28.2 Å². The van der Waals surface area contributed by atoms with E-state index in [-0.39, 0.29) is 73.8 Å². The minimum absolute atomic E-state index is 0.0500. The lowest BCUT2D eigenvalue weighted by molar-refractivity contribution is 0.0926. The van der Waals surface area contributed by atoms with Crippen molar-refractivity contribution in [3.05, 3.63) is 119 Å². The zero-order valence-electron chi connectivity index (χ0n) is 33.7. The maximum atomic E-state index is 12.9. The van der Waals surface area contributed by atoms with Crippen LogP contribution in [-0.2, 0) is 28.2 Å². The molecule has 0 atom stereocenters. The smallest absolute Gasteiger partial charge is 0.293 e. The van der Waals surface area contributed by atoms with Gasteiger partial charge >= 0.3 is 0 Å². The molecule has 21 heteroatoms. The number of nitrogens with one attached hydrogen (secondary N) is 4. The van der Waals surface area contributed by atoms with Gasteiger partial charge in [-0.3, -0.25) is 43.4 Å². The van der Waals surface area contributed by atoms with Crippen LogP contribution in [0.4, 0.5) is 0 Å². The number of hydrogen-bond acceptors (Lipinski definition) is 14. The first-order valence-electron chi connectivity index (χ1n) is 18.7. The maximum Gasteiger partial charge on any atom is 0.293 e.